The van der Waals surface area contributed by atoms with Gasteiger partial charge >= 0.3 is 0 Å². The number of rotatable bonds is 5. The van der Waals surface area contributed by atoms with E-state index in [1.165, 1.54) is 6.42 Å². The number of hydrogen-bond donors (Lipinski definition) is 1. The Labute approximate surface area is 146 Å². The molecule has 0 spiro atoms. The standard InChI is InChI=1S/C18H24N4O3/c1-11-9-14(11)15-5-3-13(25-15)4-6-17(23)22-7-8-24-16(10-22)18-19-12(2)20-21-18/h3,5,11,14,16H,4,6-10H2,1-2H3,(H,19,20,21)/t11-,14-,16-/m0/s1. The van der Waals surface area contributed by atoms with Gasteiger partial charge in [0.1, 0.15) is 23.4 Å². The van der Waals surface area contributed by atoms with Crippen LogP contribution in [0.3, 0.4) is 0 Å². The van der Waals surface area contributed by atoms with Crippen molar-refractivity contribution in [3.8, 4) is 0 Å². The zero-order valence-corrected chi connectivity index (χ0v) is 14.7. The molecule has 0 unspecified atom stereocenters. The first-order chi connectivity index (χ1) is 12.1. The van der Waals surface area contributed by atoms with Crippen LogP contribution in [0.5, 0.6) is 0 Å². The van der Waals surface area contributed by atoms with Crippen molar-refractivity contribution < 1.29 is 13.9 Å². The highest BCUT2D eigenvalue weighted by molar-refractivity contribution is 5.76. The van der Waals surface area contributed by atoms with Gasteiger partial charge in [0.15, 0.2) is 5.82 Å². The van der Waals surface area contributed by atoms with Gasteiger partial charge in [0.25, 0.3) is 0 Å². The van der Waals surface area contributed by atoms with E-state index in [0.29, 0.717) is 44.3 Å². The fraction of sp³-hybridized carbons (Fsp3) is 0.611. The molecular formula is C18H24N4O3. The molecule has 3 heterocycles. The van der Waals surface area contributed by atoms with Crippen molar-refractivity contribution in [2.24, 2.45) is 5.92 Å². The van der Waals surface area contributed by atoms with E-state index in [1.807, 2.05) is 17.9 Å². The quantitative estimate of drug-likeness (QED) is 0.900. The molecule has 7 heteroatoms. The second-order valence-electron chi connectivity index (χ2n) is 7.10. The third-order valence-electron chi connectivity index (χ3n) is 5.06. The van der Waals surface area contributed by atoms with Crippen LogP contribution in [-0.4, -0.2) is 45.7 Å². The first-order valence-corrected chi connectivity index (χ1v) is 8.97. The van der Waals surface area contributed by atoms with Gasteiger partial charge in [-0.05, 0) is 31.4 Å². The highest BCUT2D eigenvalue weighted by Crippen LogP contribution is 2.47. The van der Waals surface area contributed by atoms with Crippen molar-refractivity contribution in [2.45, 2.75) is 45.1 Å². The van der Waals surface area contributed by atoms with Crippen molar-refractivity contribution in [1.29, 1.82) is 0 Å². The van der Waals surface area contributed by atoms with E-state index in [-0.39, 0.29) is 12.0 Å². The van der Waals surface area contributed by atoms with Crippen molar-refractivity contribution >= 4 is 5.91 Å². The summed E-state index contributed by atoms with van der Waals surface area (Å²) < 4.78 is 11.6. The predicted molar refractivity (Wildman–Crippen MR) is 89.9 cm³/mol. The molecule has 1 N–H and O–H groups in total. The van der Waals surface area contributed by atoms with Crippen molar-refractivity contribution in [1.82, 2.24) is 20.1 Å². The summed E-state index contributed by atoms with van der Waals surface area (Å²) in [5.74, 6) is 4.76. The summed E-state index contributed by atoms with van der Waals surface area (Å²) in [6, 6.07) is 4.07. The van der Waals surface area contributed by atoms with Gasteiger partial charge in [-0.1, -0.05) is 6.92 Å². The Kier molecular flexibility index (Phi) is 4.33. The number of carbonyl (C=O) groups is 1. The highest BCUT2D eigenvalue weighted by Gasteiger charge is 2.36. The van der Waals surface area contributed by atoms with Crippen molar-refractivity contribution in [3.05, 3.63) is 35.3 Å². The summed E-state index contributed by atoms with van der Waals surface area (Å²) in [7, 11) is 0. The van der Waals surface area contributed by atoms with Gasteiger partial charge < -0.3 is 14.1 Å². The summed E-state index contributed by atoms with van der Waals surface area (Å²) in [5, 5.41) is 6.96. The van der Waals surface area contributed by atoms with E-state index < -0.39 is 0 Å². The predicted octanol–water partition coefficient (Wildman–Crippen LogP) is 2.36. The zero-order chi connectivity index (χ0) is 17.4. The van der Waals surface area contributed by atoms with Crippen molar-refractivity contribution in [3.63, 3.8) is 0 Å². The lowest BCUT2D eigenvalue weighted by molar-refractivity contribution is -0.139. The Morgan fingerprint density at radius 3 is 3.00 bits per heavy atom. The lowest BCUT2D eigenvalue weighted by Gasteiger charge is -2.31. The molecule has 1 amide bonds. The van der Waals surface area contributed by atoms with E-state index in [9.17, 15) is 4.79 Å². The lowest BCUT2D eigenvalue weighted by atomic mass is 10.2. The molecule has 1 aliphatic heterocycles. The summed E-state index contributed by atoms with van der Waals surface area (Å²) in [4.78, 5) is 18.7. The smallest absolute Gasteiger partial charge is 0.223 e. The molecule has 1 saturated carbocycles. The molecule has 25 heavy (non-hydrogen) atoms. The van der Waals surface area contributed by atoms with Crippen molar-refractivity contribution in [2.75, 3.05) is 19.7 Å². The van der Waals surface area contributed by atoms with Crippen LogP contribution in [0.1, 0.15) is 55.0 Å². The zero-order valence-electron chi connectivity index (χ0n) is 14.7. The molecule has 2 fully saturated rings. The monoisotopic (exact) mass is 344 g/mol. The number of hydrogen-bond acceptors (Lipinski definition) is 5. The largest absolute Gasteiger partial charge is 0.466 e. The van der Waals surface area contributed by atoms with Gasteiger partial charge in [-0.2, -0.15) is 5.10 Å². The second kappa shape index (κ2) is 6.63. The minimum Gasteiger partial charge on any atom is -0.466 e. The molecule has 2 aromatic heterocycles. The van der Waals surface area contributed by atoms with Gasteiger partial charge in [-0.3, -0.25) is 9.89 Å². The van der Waals surface area contributed by atoms with Crippen LogP contribution in [0.4, 0.5) is 0 Å². The van der Waals surface area contributed by atoms with Crippen LogP contribution in [0.25, 0.3) is 0 Å². The summed E-state index contributed by atoms with van der Waals surface area (Å²) in [6.45, 7) is 5.71. The molecule has 1 saturated heterocycles. The molecule has 134 valence electrons. The first-order valence-electron chi connectivity index (χ1n) is 8.97. The Morgan fingerprint density at radius 2 is 2.28 bits per heavy atom. The minimum absolute atomic E-state index is 0.123. The van der Waals surface area contributed by atoms with Crippen LogP contribution in [0.15, 0.2) is 16.5 Å². The van der Waals surface area contributed by atoms with Gasteiger partial charge in [0, 0.05) is 25.3 Å². The SMILES string of the molecule is Cc1nc([C@@H]2CN(C(=O)CCc3ccc([C@H]4C[C@@H]4C)o3)CCO2)n[nH]1. The van der Waals surface area contributed by atoms with Crippen LogP contribution in [-0.2, 0) is 16.0 Å². The third kappa shape index (κ3) is 3.61. The summed E-state index contributed by atoms with van der Waals surface area (Å²) >= 11 is 0. The number of carbonyl (C=O) groups excluding carboxylic acids is 1. The number of furan rings is 1. The lowest BCUT2D eigenvalue weighted by Crippen LogP contribution is -2.42. The number of H-pyrrole nitrogens is 1. The molecule has 2 aliphatic rings. The number of morpholine rings is 1. The second-order valence-corrected chi connectivity index (χ2v) is 7.10. The van der Waals surface area contributed by atoms with E-state index in [2.05, 4.69) is 28.2 Å². The Bertz CT molecular complexity index is 753. The molecule has 2 aromatic rings. The molecule has 3 atom stereocenters. The highest BCUT2D eigenvalue weighted by atomic mass is 16.5. The first kappa shape index (κ1) is 16.3. The van der Waals surface area contributed by atoms with E-state index >= 15 is 0 Å². The topological polar surface area (TPSA) is 84.2 Å². The normalized spacial score (nSPS) is 26.0. The number of aromatic amines is 1. The molecule has 1 aliphatic carbocycles. The maximum atomic E-state index is 12.5. The molecule has 0 radical (unpaired) electrons. The fourth-order valence-corrected chi connectivity index (χ4v) is 3.37. The molecule has 4 rings (SSSR count). The Morgan fingerprint density at radius 1 is 1.44 bits per heavy atom. The van der Waals surface area contributed by atoms with Crippen LogP contribution >= 0.6 is 0 Å². The maximum absolute atomic E-state index is 12.5. The molecular weight excluding hydrogens is 320 g/mol. The average molecular weight is 344 g/mol. The third-order valence-corrected chi connectivity index (χ3v) is 5.06. The number of amides is 1. The van der Waals surface area contributed by atoms with E-state index in [4.69, 9.17) is 9.15 Å². The number of nitrogens with one attached hydrogen (secondary N) is 1. The van der Waals surface area contributed by atoms with Crippen LogP contribution < -0.4 is 0 Å². The molecule has 0 aromatic carbocycles. The van der Waals surface area contributed by atoms with E-state index in [0.717, 1.165) is 23.3 Å². The van der Waals surface area contributed by atoms with Crippen LogP contribution in [0.2, 0.25) is 0 Å². The number of aromatic nitrogens is 3. The van der Waals surface area contributed by atoms with Gasteiger partial charge in [0.2, 0.25) is 5.91 Å². The maximum Gasteiger partial charge on any atom is 0.223 e. The Balaban J connectivity index is 1.30. The molecule has 7 nitrogen and oxygen atoms in total. The summed E-state index contributed by atoms with van der Waals surface area (Å²) in [5.41, 5.74) is 0. The number of nitrogens with zero attached hydrogens (tertiary/aromatic N) is 3. The van der Waals surface area contributed by atoms with Gasteiger partial charge in [0.05, 0.1) is 13.2 Å². The molecule has 0 bridgehead atoms. The average Bonchev–Trinajstić information content (AvgIpc) is 3.02. The van der Waals surface area contributed by atoms with Gasteiger partial charge in [-0.15, -0.1) is 0 Å². The van der Waals surface area contributed by atoms with Crippen LogP contribution in [0, 0.1) is 12.8 Å². The van der Waals surface area contributed by atoms with Gasteiger partial charge in [-0.25, -0.2) is 4.98 Å². The number of ether oxygens (including phenoxy) is 1. The summed E-state index contributed by atoms with van der Waals surface area (Å²) in [6.07, 6.45) is 2.05. The Hall–Kier alpha value is -2.15. The fourth-order valence-electron chi connectivity index (χ4n) is 3.37. The minimum atomic E-state index is -0.255. The van der Waals surface area contributed by atoms with E-state index in [1.54, 1.807) is 0 Å². The number of aryl methyl sites for hydroxylation is 2.